The van der Waals surface area contributed by atoms with Crippen LogP contribution in [0.2, 0.25) is 0 Å². The second-order valence-electron chi connectivity index (χ2n) is 2.21. The number of hydrogen-bond acceptors (Lipinski definition) is 2. The van der Waals surface area contributed by atoms with Crippen LogP contribution in [0.3, 0.4) is 0 Å². The van der Waals surface area contributed by atoms with Gasteiger partial charge in [0.1, 0.15) is 11.4 Å². The molecule has 0 aliphatic heterocycles. The molecule has 2 N–H and O–H groups in total. The van der Waals surface area contributed by atoms with Gasteiger partial charge in [-0.25, -0.2) is 8.78 Å². The van der Waals surface area contributed by atoms with Gasteiger partial charge >= 0.3 is 0 Å². The molecule has 0 saturated heterocycles. The van der Waals surface area contributed by atoms with Crippen LogP contribution >= 0.6 is 0 Å². The molecule has 0 spiro atoms. The van der Waals surface area contributed by atoms with Gasteiger partial charge in [-0.1, -0.05) is 0 Å². The summed E-state index contributed by atoms with van der Waals surface area (Å²) < 4.78 is 30.2. The lowest BCUT2D eigenvalue weighted by atomic mass is 10.3. The third-order valence-corrected chi connectivity index (χ3v) is 1.39. The Kier molecular flexibility index (Phi) is 2.47. The number of halogens is 2. The summed E-state index contributed by atoms with van der Waals surface area (Å²) in [5.41, 5.74) is 4.95. The topological polar surface area (TPSA) is 35.2 Å². The zero-order valence-corrected chi connectivity index (χ0v) is 6.60. The van der Waals surface area contributed by atoms with Crippen LogP contribution in [0.4, 0.5) is 14.5 Å². The van der Waals surface area contributed by atoms with Crippen LogP contribution in [-0.2, 0) is 0 Å². The van der Waals surface area contributed by atoms with Gasteiger partial charge < -0.3 is 10.5 Å². The summed E-state index contributed by atoms with van der Waals surface area (Å²) in [5.74, 6) is -1.84. The van der Waals surface area contributed by atoms with E-state index >= 15 is 0 Å². The van der Waals surface area contributed by atoms with Crippen LogP contribution < -0.4 is 10.5 Å². The number of rotatable bonds is 2. The van der Waals surface area contributed by atoms with Crippen LogP contribution in [0.15, 0.2) is 12.1 Å². The third-order valence-electron chi connectivity index (χ3n) is 1.39. The lowest BCUT2D eigenvalue weighted by Gasteiger charge is -2.06. The summed E-state index contributed by atoms with van der Waals surface area (Å²) in [4.78, 5) is 0. The molecule has 0 heterocycles. The summed E-state index contributed by atoms with van der Waals surface area (Å²) in [6, 6.07) is 2.29. The Hall–Kier alpha value is -1.32. The molecule has 4 heteroatoms. The van der Waals surface area contributed by atoms with Crippen LogP contribution in [0, 0.1) is 11.6 Å². The molecular formula is C8H9F2NO. The monoisotopic (exact) mass is 173 g/mol. The van der Waals surface area contributed by atoms with E-state index in [0.29, 0.717) is 6.61 Å². The number of nitrogens with two attached hydrogens (primary N) is 1. The first-order chi connectivity index (χ1) is 5.66. The van der Waals surface area contributed by atoms with Crippen LogP contribution in [0.5, 0.6) is 5.75 Å². The highest BCUT2D eigenvalue weighted by Gasteiger charge is 2.10. The molecular weight excluding hydrogens is 164 g/mol. The second-order valence-corrected chi connectivity index (χ2v) is 2.21. The maximum absolute atomic E-state index is 12.7. The number of anilines is 1. The zero-order chi connectivity index (χ0) is 9.14. The van der Waals surface area contributed by atoms with Crippen molar-refractivity contribution in [3.63, 3.8) is 0 Å². The molecule has 2 nitrogen and oxygen atoms in total. The Morgan fingerprint density at radius 2 is 2.08 bits per heavy atom. The minimum absolute atomic E-state index is 0.177. The van der Waals surface area contributed by atoms with E-state index < -0.39 is 11.6 Å². The Labute approximate surface area is 68.9 Å². The molecule has 0 atom stereocenters. The van der Waals surface area contributed by atoms with Gasteiger partial charge in [0, 0.05) is 0 Å². The minimum Gasteiger partial charge on any atom is -0.492 e. The molecule has 12 heavy (non-hydrogen) atoms. The Morgan fingerprint density at radius 3 is 2.67 bits per heavy atom. The van der Waals surface area contributed by atoms with Crippen molar-refractivity contribution in [1.29, 1.82) is 0 Å². The average molecular weight is 173 g/mol. The molecule has 0 radical (unpaired) electrons. The fraction of sp³-hybridized carbons (Fsp3) is 0.250. The van der Waals surface area contributed by atoms with Crippen LogP contribution in [-0.4, -0.2) is 6.61 Å². The highest BCUT2D eigenvalue weighted by atomic mass is 19.2. The summed E-state index contributed by atoms with van der Waals surface area (Å²) in [7, 11) is 0. The van der Waals surface area contributed by atoms with Gasteiger partial charge in [-0.3, -0.25) is 0 Å². The highest BCUT2D eigenvalue weighted by Crippen LogP contribution is 2.25. The standard InChI is InChI=1S/C8H9F2NO/c1-2-12-6-4-3-5(9)7(10)8(6)11/h3-4H,2,11H2,1H3. The first-order valence-corrected chi connectivity index (χ1v) is 3.53. The average Bonchev–Trinajstić information content (AvgIpc) is 2.07. The van der Waals surface area contributed by atoms with E-state index in [1.165, 1.54) is 6.07 Å². The molecule has 0 amide bonds. The summed E-state index contributed by atoms with van der Waals surface area (Å²) in [6.45, 7) is 2.11. The van der Waals surface area contributed by atoms with Gasteiger partial charge in [0.25, 0.3) is 0 Å². The number of ether oxygens (including phenoxy) is 1. The normalized spacial score (nSPS) is 9.92. The summed E-state index contributed by atoms with van der Waals surface area (Å²) in [5, 5.41) is 0. The predicted molar refractivity (Wildman–Crippen MR) is 41.9 cm³/mol. The van der Waals surface area contributed by atoms with Crippen molar-refractivity contribution in [2.45, 2.75) is 6.92 Å². The smallest absolute Gasteiger partial charge is 0.185 e. The van der Waals surface area contributed by atoms with Crippen molar-refractivity contribution in [3.05, 3.63) is 23.8 Å². The van der Waals surface area contributed by atoms with E-state index in [-0.39, 0.29) is 11.4 Å². The van der Waals surface area contributed by atoms with Gasteiger partial charge in [0.2, 0.25) is 0 Å². The molecule has 0 saturated carbocycles. The van der Waals surface area contributed by atoms with Crippen molar-refractivity contribution >= 4 is 5.69 Å². The Balaban J connectivity index is 3.08. The first kappa shape index (κ1) is 8.77. The van der Waals surface area contributed by atoms with Crippen LogP contribution in [0.1, 0.15) is 6.92 Å². The molecule has 66 valence electrons. The molecule has 1 aromatic rings. The van der Waals surface area contributed by atoms with E-state index in [4.69, 9.17) is 10.5 Å². The van der Waals surface area contributed by atoms with Gasteiger partial charge in [0.15, 0.2) is 11.6 Å². The van der Waals surface area contributed by atoms with Gasteiger partial charge in [-0.15, -0.1) is 0 Å². The maximum Gasteiger partial charge on any atom is 0.185 e. The lowest BCUT2D eigenvalue weighted by molar-refractivity contribution is 0.339. The van der Waals surface area contributed by atoms with Gasteiger partial charge in [0.05, 0.1) is 6.61 Å². The molecule has 1 rings (SSSR count). The van der Waals surface area contributed by atoms with Crippen molar-refractivity contribution in [1.82, 2.24) is 0 Å². The fourth-order valence-electron chi connectivity index (χ4n) is 0.830. The molecule has 0 aromatic heterocycles. The lowest BCUT2D eigenvalue weighted by Crippen LogP contribution is -2.00. The van der Waals surface area contributed by atoms with E-state index in [9.17, 15) is 8.78 Å². The van der Waals surface area contributed by atoms with Crippen molar-refractivity contribution in [2.24, 2.45) is 0 Å². The van der Waals surface area contributed by atoms with E-state index in [1.807, 2.05) is 0 Å². The zero-order valence-electron chi connectivity index (χ0n) is 6.60. The maximum atomic E-state index is 12.7. The summed E-state index contributed by atoms with van der Waals surface area (Å²) in [6.07, 6.45) is 0. The molecule has 0 aliphatic rings. The van der Waals surface area contributed by atoms with Crippen molar-refractivity contribution in [3.8, 4) is 5.75 Å². The quantitative estimate of drug-likeness (QED) is 0.693. The number of nitrogen functional groups attached to an aromatic ring is 1. The second kappa shape index (κ2) is 3.38. The van der Waals surface area contributed by atoms with Crippen molar-refractivity contribution < 1.29 is 13.5 Å². The molecule has 1 aromatic carbocycles. The van der Waals surface area contributed by atoms with E-state index in [2.05, 4.69) is 0 Å². The largest absolute Gasteiger partial charge is 0.492 e. The molecule has 0 unspecified atom stereocenters. The Bertz CT molecular complexity index is 289. The van der Waals surface area contributed by atoms with E-state index in [1.54, 1.807) is 6.92 Å². The van der Waals surface area contributed by atoms with Gasteiger partial charge in [-0.05, 0) is 19.1 Å². The first-order valence-electron chi connectivity index (χ1n) is 3.53. The van der Waals surface area contributed by atoms with Crippen LogP contribution in [0.25, 0.3) is 0 Å². The fourth-order valence-corrected chi connectivity index (χ4v) is 0.830. The van der Waals surface area contributed by atoms with Gasteiger partial charge in [-0.2, -0.15) is 0 Å². The highest BCUT2D eigenvalue weighted by molar-refractivity contribution is 5.53. The van der Waals surface area contributed by atoms with Crippen molar-refractivity contribution in [2.75, 3.05) is 12.3 Å². The SMILES string of the molecule is CCOc1ccc(F)c(F)c1N. The third kappa shape index (κ3) is 1.47. The minimum atomic E-state index is -1.05. The van der Waals surface area contributed by atoms with E-state index in [0.717, 1.165) is 6.07 Å². The Morgan fingerprint density at radius 1 is 1.42 bits per heavy atom. The predicted octanol–water partition coefficient (Wildman–Crippen LogP) is 1.95. The molecule has 0 aliphatic carbocycles. The number of benzene rings is 1. The number of hydrogen-bond donors (Lipinski definition) is 1. The molecule has 0 fully saturated rings. The molecule has 0 bridgehead atoms. The summed E-state index contributed by atoms with van der Waals surface area (Å²) >= 11 is 0.